The number of nitrogens with one attached hydrogen (secondary N) is 2. The van der Waals surface area contributed by atoms with Crippen LogP contribution in [-0.2, 0) is 38.3 Å². The molecule has 1 unspecified atom stereocenters. The normalized spacial score (nSPS) is 14.8. The van der Waals surface area contributed by atoms with Crippen molar-refractivity contribution in [1.29, 1.82) is 0 Å². The Labute approximate surface area is 234 Å². The highest BCUT2D eigenvalue weighted by atomic mass is 32.1. The monoisotopic (exact) mass is 558 g/mol. The first-order chi connectivity index (χ1) is 18.1. The van der Waals surface area contributed by atoms with Crippen LogP contribution in [0, 0.1) is 11.3 Å². The summed E-state index contributed by atoms with van der Waals surface area (Å²) in [7, 11) is 1.37. The van der Waals surface area contributed by atoms with Crippen LogP contribution in [0.1, 0.15) is 79.2 Å². The van der Waals surface area contributed by atoms with E-state index in [0.717, 1.165) is 42.5 Å². The Hall–Kier alpha value is -2.78. The fraction of sp³-hybridized carbons (Fsp3) is 0.517. The van der Waals surface area contributed by atoms with Gasteiger partial charge in [-0.2, -0.15) is 0 Å². The van der Waals surface area contributed by atoms with Gasteiger partial charge < -0.3 is 20.1 Å². The molecule has 0 bridgehead atoms. The lowest BCUT2D eigenvalue weighted by Crippen LogP contribution is -2.34. The molecule has 1 heterocycles. The quantitative estimate of drug-likeness (QED) is 0.215. The Morgan fingerprint density at radius 3 is 2.53 bits per heavy atom. The minimum atomic E-state index is -0.407. The molecule has 7 nitrogen and oxygen atoms in total. The molecule has 0 aliphatic heterocycles. The zero-order chi connectivity index (χ0) is 27.7. The Morgan fingerprint density at radius 2 is 1.84 bits per heavy atom. The summed E-state index contributed by atoms with van der Waals surface area (Å²) in [5.41, 5.74) is 2.91. The van der Waals surface area contributed by atoms with Crippen molar-refractivity contribution in [3.63, 3.8) is 0 Å². The smallest absolute Gasteiger partial charge is 0.341 e. The van der Waals surface area contributed by atoms with Crippen molar-refractivity contribution in [2.24, 2.45) is 11.3 Å². The predicted molar refractivity (Wildman–Crippen MR) is 155 cm³/mol. The molecule has 0 saturated carbocycles. The Balaban J connectivity index is 1.44. The highest BCUT2D eigenvalue weighted by Crippen LogP contribution is 2.44. The lowest BCUT2D eigenvalue weighted by molar-refractivity contribution is -0.143. The molecule has 0 spiro atoms. The summed E-state index contributed by atoms with van der Waals surface area (Å²) in [6.45, 7) is 7.09. The molecule has 3 rings (SSSR count). The SMILES string of the molecule is COC(=O)c1c(NC(=S)NC(=O)CCCC(=O)OCCCc2ccccc2)sc2c1CCC(C(C)(C)C)C2. The Kier molecular flexibility index (Phi) is 10.8. The first-order valence-electron chi connectivity index (χ1n) is 13.1. The van der Waals surface area contributed by atoms with Crippen LogP contribution in [0.15, 0.2) is 30.3 Å². The van der Waals surface area contributed by atoms with Crippen molar-refractivity contribution < 1.29 is 23.9 Å². The summed E-state index contributed by atoms with van der Waals surface area (Å²) in [4.78, 5) is 38.1. The van der Waals surface area contributed by atoms with E-state index in [0.29, 0.717) is 29.5 Å². The van der Waals surface area contributed by atoms with Gasteiger partial charge in [-0.3, -0.25) is 9.59 Å². The lowest BCUT2D eigenvalue weighted by atomic mass is 9.72. The molecule has 0 fully saturated rings. The number of benzene rings is 1. The fourth-order valence-electron chi connectivity index (χ4n) is 4.63. The topological polar surface area (TPSA) is 93.7 Å². The van der Waals surface area contributed by atoms with E-state index >= 15 is 0 Å². The van der Waals surface area contributed by atoms with Crippen LogP contribution in [-0.4, -0.2) is 36.7 Å². The Bertz CT molecular complexity index is 1140. The number of aryl methyl sites for hydroxylation is 1. The molecule has 38 heavy (non-hydrogen) atoms. The zero-order valence-corrected chi connectivity index (χ0v) is 24.3. The van der Waals surface area contributed by atoms with Crippen LogP contribution in [0.25, 0.3) is 0 Å². The number of thiocarbonyl (C=S) groups is 1. The minimum absolute atomic E-state index is 0.120. The molecule has 0 radical (unpaired) electrons. The van der Waals surface area contributed by atoms with Crippen LogP contribution in [0.5, 0.6) is 0 Å². The number of hydrogen-bond donors (Lipinski definition) is 2. The van der Waals surface area contributed by atoms with Crippen molar-refractivity contribution in [1.82, 2.24) is 5.32 Å². The van der Waals surface area contributed by atoms with E-state index in [-0.39, 0.29) is 35.2 Å². The van der Waals surface area contributed by atoms with Gasteiger partial charge in [0.05, 0.1) is 19.3 Å². The summed E-state index contributed by atoms with van der Waals surface area (Å²) in [5.74, 6) is -0.495. The summed E-state index contributed by atoms with van der Waals surface area (Å²) in [6.07, 6.45) is 4.99. The maximum Gasteiger partial charge on any atom is 0.341 e. The van der Waals surface area contributed by atoms with Crippen molar-refractivity contribution >= 4 is 51.5 Å². The van der Waals surface area contributed by atoms with Gasteiger partial charge in [0.15, 0.2) is 5.11 Å². The number of thiophene rings is 1. The van der Waals surface area contributed by atoms with Gasteiger partial charge in [0.25, 0.3) is 0 Å². The lowest BCUT2D eigenvalue weighted by Gasteiger charge is -2.33. The second-order valence-corrected chi connectivity index (χ2v) is 12.2. The third kappa shape index (κ3) is 8.63. The summed E-state index contributed by atoms with van der Waals surface area (Å²) >= 11 is 6.85. The van der Waals surface area contributed by atoms with Crippen LogP contribution in [0.4, 0.5) is 5.00 Å². The largest absolute Gasteiger partial charge is 0.466 e. The predicted octanol–water partition coefficient (Wildman–Crippen LogP) is 5.85. The maximum atomic E-state index is 12.6. The molecule has 1 amide bonds. The zero-order valence-electron chi connectivity index (χ0n) is 22.7. The molecule has 1 aliphatic carbocycles. The van der Waals surface area contributed by atoms with Crippen LogP contribution < -0.4 is 10.6 Å². The third-order valence-corrected chi connectivity index (χ3v) is 8.23. The van der Waals surface area contributed by atoms with Gasteiger partial charge in [-0.1, -0.05) is 51.1 Å². The molecule has 0 saturated heterocycles. The van der Waals surface area contributed by atoms with E-state index in [1.54, 1.807) is 0 Å². The molecular weight excluding hydrogens is 520 g/mol. The van der Waals surface area contributed by atoms with Gasteiger partial charge >= 0.3 is 11.9 Å². The third-order valence-electron chi connectivity index (χ3n) is 6.86. The molecular formula is C29H38N2O5S2. The number of fused-ring (bicyclic) bond motifs is 1. The maximum absolute atomic E-state index is 12.6. The Morgan fingerprint density at radius 1 is 1.11 bits per heavy atom. The van der Waals surface area contributed by atoms with Crippen molar-refractivity contribution in [2.75, 3.05) is 19.0 Å². The molecule has 9 heteroatoms. The van der Waals surface area contributed by atoms with Gasteiger partial charge in [-0.05, 0) is 73.2 Å². The van der Waals surface area contributed by atoms with Gasteiger partial charge in [-0.25, -0.2) is 4.79 Å². The van der Waals surface area contributed by atoms with E-state index in [9.17, 15) is 14.4 Å². The van der Waals surface area contributed by atoms with Crippen molar-refractivity contribution in [3.8, 4) is 0 Å². The van der Waals surface area contributed by atoms with E-state index < -0.39 is 5.97 Å². The molecule has 206 valence electrons. The van der Waals surface area contributed by atoms with Gasteiger partial charge in [-0.15, -0.1) is 11.3 Å². The number of esters is 2. The highest BCUT2D eigenvalue weighted by molar-refractivity contribution is 7.80. The average Bonchev–Trinajstić information content (AvgIpc) is 3.23. The van der Waals surface area contributed by atoms with Gasteiger partial charge in [0, 0.05) is 17.7 Å². The summed E-state index contributed by atoms with van der Waals surface area (Å²) in [5, 5.41) is 6.41. The number of hydrogen-bond acceptors (Lipinski definition) is 7. The number of amides is 1. The van der Waals surface area contributed by atoms with Gasteiger partial charge in [0.2, 0.25) is 5.91 Å². The second-order valence-electron chi connectivity index (χ2n) is 10.7. The standard InChI is InChI=1S/C29H38N2O5S2/c1-29(2,3)20-15-16-21-22(18-20)38-26(25(21)27(34)35-4)31-28(37)30-23(32)13-8-14-24(33)36-17-9-12-19-10-6-5-7-11-19/h5-7,10-11,20H,8-9,12-18H2,1-4H3,(H2,30,31,32,37). The molecule has 1 aromatic heterocycles. The number of methoxy groups -OCH3 is 1. The van der Waals surface area contributed by atoms with E-state index in [1.807, 2.05) is 30.3 Å². The molecule has 1 aliphatic rings. The van der Waals surface area contributed by atoms with Gasteiger partial charge in [0.1, 0.15) is 5.00 Å². The van der Waals surface area contributed by atoms with Crippen molar-refractivity contribution in [3.05, 3.63) is 51.9 Å². The summed E-state index contributed by atoms with van der Waals surface area (Å²) < 4.78 is 10.3. The fourth-order valence-corrected chi connectivity index (χ4v) is 6.23. The van der Waals surface area contributed by atoms with E-state index in [4.69, 9.17) is 21.7 Å². The van der Waals surface area contributed by atoms with E-state index in [2.05, 4.69) is 31.4 Å². The van der Waals surface area contributed by atoms with Crippen LogP contribution in [0.3, 0.4) is 0 Å². The molecule has 1 atom stereocenters. The highest BCUT2D eigenvalue weighted by Gasteiger charge is 2.34. The second kappa shape index (κ2) is 13.8. The minimum Gasteiger partial charge on any atom is -0.466 e. The first kappa shape index (κ1) is 29.8. The van der Waals surface area contributed by atoms with Crippen LogP contribution in [0.2, 0.25) is 0 Å². The number of anilines is 1. The first-order valence-corrected chi connectivity index (χ1v) is 14.3. The summed E-state index contributed by atoms with van der Waals surface area (Å²) in [6, 6.07) is 10.0. The number of ether oxygens (including phenoxy) is 2. The molecule has 2 aromatic rings. The van der Waals surface area contributed by atoms with Crippen molar-refractivity contribution in [2.45, 2.75) is 72.1 Å². The number of rotatable bonds is 10. The molecule has 2 N–H and O–H groups in total. The molecule has 1 aromatic carbocycles. The average molecular weight is 559 g/mol. The number of carbonyl (C=O) groups is 3. The number of carbonyl (C=O) groups excluding carboxylic acids is 3. The van der Waals surface area contributed by atoms with Crippen LogP contribution >= 0.6 is 23.6 Å². The van der Waals surface area contributed by atoms with E-state index in [1.165, 1.54) is 24.0 Å².